The molecule has 0 aromatic heterocycles. The molecule has 0 bridgehead atoms. The van der Waals surface area contributed by atoms with E-state index in [4.69, 9.17) is 0 Å². The van der Waals surface area contributed by atoms with Crippen molar-refractivity contribution in [3.05, 3.63) is 0 Å². The largest absolute Gasteiger partial charge is 0.391 e. The molecule has 0 spiro atoms. The molecule has 1 aliphatic carbocycles. The number of hydrogen-bond acceptors (Lipinski definition) is 3. The lowest BCUT2D eigenvalue weighted by molar-refractivity contribution is 0.0554. The molecule has 82 valence electrons. The van der Waals surface area contributed by atoms with Gasteiger partial charge < -0.3 is 5.11 Å². The van der Waals surface area contributed by atoms with Gasteiger partial charge in [-0.3, -0.25) is 0 Å². The molecule has 0 aromatic rings. The minimum absolute atomic E-state index is 0.257. The molecule has 1 heterocycles. The van der Waals surface area contributed by atoms with Gasteiger partial charge in [0.25, 0.3) is 0 Å². The van der Waals surface area contributed by atoms with Crippen molar-refractivity contribution in [3.8, 4) is 0 Å². The molecule has 4 heteroatoms. The molecule has 1 saturated carbocycles. The smallest absolute Gasteiger partial charge is 0.155 e. The first-order valence-corrected chi connectivity index (χ1v) is 7.22. The van der Waals surface area contributed by atoms with Crippen LogP contribution in [0.15, 0.2) is 0 Å². The van der Waals surface area contributed by atoms with Crippen LogP contribution in [0.3, 0.4) is 0 Å². The number of rotatable bonds is 2. The fraction of sp³-hybridized carbons (Fsp3) is 1.00. The van der Waals surface area contributed by atoms with Gasteiger partial charge >= 0.3 is 0 Å². The molecular formula is C10H18O3S. The fourth-order valence-corrected chi connectivity index (χ4v) is 4.53. The van der Waals surface area contributed by atoms with Gasteiger partial charge in [0.1, 0.15) is 0 Å². The minimum atomic E-state index is -2.99. The highest BCUT2D eigenvalue weighted by Gasteiger charge is 2.40. The lowest BCUT2D eigenvalue weighted by Crippen LogP contribution is -2.44. The van der Waals surface area contributed by atoms with Crippen LogP contribution in [0.2, 0.25) is 0 Å². The van der Waals surface area contributed by atoms with E-state index in [1.54, 1.807) is 0 Å². The molecular weight excluding hydrogens is 200 g/mol. The molecule has 2 rings (SSSR count). The van der Waals surface area contributed by atoms with Gasteiger partial charge in [-0.1, -0.05) is 12.8 Å². The second-order valence-corrected chi connectivity index (χ2v) is 6.92. The normalized spacial score (nSPS) is 34.8. The Balaban J connectivity index is 2.07. The number of aliphatic hydroxyl groups excluding tert-OH is 1. The van der Waals surface area contributed by atoms with Crippen molar-refractivity contribution >= 4 is 9.84 Å². The first-order chi connectivity index (χ1) is 6.61. The van der Waals surface area contributed by atoms with E-state index in [-0.39, 0.29) is 11.7 Å². The average molecular weight is 218 g/mol. The second kappa shape index (κ2) is 3.81. The van der Waals surface area contributed by atoms with Gasteiger partial charge in [0.15, 0.2) is 9.84 Å². The van der Waals surface area contributed by atoms with E-state index in [0.717, 1.165) is 32.1 Å². The third-order valence-corrected chi connectivity index (χ3v) is 5.94. The third-order valence-electron chi connectivity index (χ3n) is 3.64. The van der Waals surface area contributed by atoms with Gasteiger partial charge in [0, 0.05) is 0 Å². The Morgan fingerprint density at radius 3 is 2.29 bits per heavy atom. The maximum absolute atomic E-state index is 11.7. The molecule has 2 unspecified atom stereocenters. The molecule has 0 radical (unpaired) electrons. The Hall–Kier alpha value is -0.0900. The molecule has 0 amide bonds. The van der Waals surface area contributed by atoms with Crippen LogP contribution in [-0.2, 0) is 9.84 Å². The molecule has 1 saturated heterocycles. The summed E-state index contributed by atoms with van der Waals surface area (Å²) in [5.41, 5.74) is 0. The first-order valence-electron chi connectivity index (χ1n) is 5.51. The quantitative estimate of drug-likeness (QED) is 0.755. The van der Waals surface area contributed by atoms with Crippen LogP contribution in [0.25, 0.3) is 0 Å². The predicted octanol–water partition coefficient (Wildman–Crippen LogP) is 1.11. The lowest BCUT2D eigenvalue weighted by atomic mass is 9.79. The third kappa shape index (κ3) is 1.82. The number of hydrogen-bond donors (Lipinski definition) is 1. The zero-order valence-electron chi connectivity index (χ0n) is 8.35. The van der Waals surface area contributed by atoms with Gasteiger partial charge in [-0.2, -0.15) is 0 Å². The van der Waals surface area contributed by atoms with E-state index in [1.165, 1.54) is 0 Å². The topological polar surface area (TPSA) is 54.4 Å². The maximum atomic E-state index is 11.7. The summed E-state index contributed by atoms with van der Waals surface area (Å²) in [6.45, 7) is 0. The second-order valence-electron chi connectivity index (χ2n) is 4.58. The fourth-order valence-electron chi connectivity index (χ4n) is 2.45. The molecule has 1 N–H and O–H groups in total. The van der Waals surface area contributed by atoms with Crippen molar-refractivity contribution in [1.82, 2.24) is 0 Å². The zero-order chi connectivity index (χ0) is 10.2. The molecule has 3 nitrogen and oxygen atoms in total. The average Bonchev–Trinajstić information content (AvgIpc) is 1.99. The molecule has 0 aromatic carbocycles. The van der Waals surface area contributed by atoms with E-state index < -0.39 is 21.2 Å². The van der Waals surface area contributed by atoms with Crippen molar-refractivity contribution < 1.29 is 13.5 Å². The van der Waals surface area contributed by atoms with Gasteiger partial charge in [-0.05, 0) is 31.6 Å². The Labute approximate surface area is 85.4 Å². The Bertz CT molecular complexity index is 292. The summed E-state index contributed by atoms with van der Waals surface area (Å²) in [4.78, 5) is 0. The monoisotopic (exact) mass is 218 g/mol. The highest BCUT2D eigenvalue weighted by atomic mass is 32.2. The summed E-state index contributed by atoms with van der Waals surface area (Å²) in [5.74, 6) is 0.537. The van der Waals surface area contributed by atoms with Crippen LogP contribution in [0.4, 0.5) is 0 Å². The van der Waals surface area contributed by atoms with Crippen LogP contribution >= 0.6 is 0 Å². The maximum Gasteiger partial charge on any atom is 0.155 e. The van der Waals surface area contributed by atoms with Crippen molar-refractivity contribution in [3.63, 3.8) is 0 Å². The summed E-state index contributed by atoms with van der Waals surface area (Å²) in [6.07, 6.45) is 4.97. The molecule has 2 aliphatic rings. The SMILES string of the molecule is O=S1(=O)CCCCC1C(O)C1CCC1. The lowest BCUT2D eigenvalue weighted by Gasteiger charge is -2.36. The predicted molar refractivity (Wildman–Crippen MR) is 54.8 cm³/mol. The number of aliphatic hydroxyl groups is 1. The summed E-state index contributed by atoms with van der Waals surface area (Å²) < 4.78 is 23.4. The zero-order valence-corrected chi connectivity index (χ0v) is 9.17. The minimum Gasteiger partial charge on any atom is -0.391 e. The first kappa shape index (κ1) is 10.4. The molecule has 14 heavy (non-hydrogen) atoms. The van der Waals surface area contributed by atoms with Crippen molar-refractivity contribution in [2.24, 2.45) is 5.92 Å². The molecule has 2 atom stereocenters. The Morgan fingerprint density at radius 1 is 1.07 bits per heavy atom. The highest BCUT2D eigenvalue weighted by molar-refractivity contribution is 7.92. The van der Waals surface area contributed by atoms with E-state index in [2.05, 4.69) is 0 Å². The van der Waals surface area contributed by atoms with Crippen LogP contribution in [0.1, 0.15) is 38.5 Å². The van der Waals surface area contributed by atoms with E-state index in [0.29, 0.717) is 6.42 Å². The summed E-state index contributed by atoms with van der Waals surface area (Å²) >= 11 is 0. The standard InChI is InChI=1S/C10H18O3S/c11-10(8-4-3-5-8)9-6-1-2-7-14(9,12)13/h8-11H,1-7H2. The summed E-state index contributed by atoms with van der Waals surface area (Å²) in [5, 5.41) is 9.49. The van der Waals surface area contributed by atoms with Gasteiger partial charge in [-0.15, -0.1) is 0 Å². The summed E-state index contributed by atoms with van der Waals surface area (Å²) in [7, 11) is -2.99. The summed E-state index contributed by atoms with van der Waals surface area (Å²) in [6, 6.07) is 0. The van der Waals surface area contributed by atoms with Gasteiger partial charge in [0.2, 0.25) is 0 Å². The van der Waals surface area contributed by atoms with Gasteiger partial charge in [-0.25, -0.2) is 8.42 Å². The van der Waals surface area contributed by atoms with Crippen LogP contribution < -0.4 is 0 Å². The Kier molecular flexibility index (Phi) is 2.84. The van der Waals surface area contributed by atoms with Crippen LogP contribution in [0, 0.1) is 5.92 Å². The molecule has 1 aliphatic heterocycles. The van der Waals surface area contributed by atoms with Crippen LogP contribution in [-0.4, -0.2) is 30.6 Å². The van der Waals surface area contributed by atoms with E-state index in [9.17, 15) is 13.5 Å². The molecule has 2 fully saturated rings. The number of sulfone groups is 1. The van der Waals surface area contributed by atoms with Crippen molar-refractivity contribution in [2.75, 3.05) is 5.75 Å². The highest BCUT2D eigenvalue weighted by Crippen LogP contribution is 2.35. The van der Waals surface area contributed by atoms with Crippen LogP contribution in [0.5, 0.6) is 0 Å². The van der Waals surface area contributed by atoms with E-state index in [1.807, 2.05) is 0 Å². The van der Waals surface area contributed by atoms with E-state index >= 15 is 0 Å². The van der Waals surface area contributed by atoms with Gasteiger partial charge in [0.05, 0.1) is 17.1 Å². The van der Waals surface area contributed by atoms with Crippen molar-refractivity contribution in [1.29, 1.82) is 0 Å². The Morgan fingerprint density at radius 2 is 1.79 bits per heavy atom. The van der Waals surface area contributed by atoms with Crippen molar-refractivity contribution in [2.45, 2.75) is 49.9 Å².